The van der Waals surface area contributed by atoms with Crippen molar-refractivity contribution in [3.63, 3.8) is 0 Å². The molecule has 2 rings (SSSR count). The van der Waals surface area contributed by atoms with Crippen molar-refractivity contribution in [2.45, 2.75) is 18.9 Å². The second-order valence-electron chi connectivity index (χ2n) is 4.84. The van der Waals surface area contributed by atoms with Gasteiger partial charge in [0.1, 0.15) is 0 Å². The molecule has 0 aliphatic carbocycles. The first kappa shape index (κ1) is 15.2. The van der Waals surface area contributed by atoms with Crippen molar-refractivity contribution in [2.24, 2.45) is 0 Å². The second kappa shape index (κ2) is 7.58. The summed E-state index contributed by atoms with van der Waals surface area (Å²) in [6.07, 6.45) is 1.86. The number of nitrogens with one attached hydrogen (secondary N) is 1. The quantitative estimate of drug-likeness (QED) is 0.825. The normalized spacial score (nSPS) is 18.3. The molecule has 1 aliphatic rings. The highest BCUT2D eigenvalue weighted by atomic mass is 16.5. The van der Waals surface area contributed by atoms with Crippen molar-refractivity contribution < 1.29 is 19.4 Å². The molecular formula is C14H19N3O4. The Morgan fingerprint density at radius 1 is 1.48 bits per heavy atom. The van der Waals surface area contributed by atoms with Crippen molar-refractivity contribution in [3.8, 4) is 0 Å². The maximum atomic E-state index is 12.0. The number of carbonyl (C=O) groups excluding carboxylic acids is 1. The average molecular weight is 293 g/mol. The van der Waals surface area contributed by atoms with Gasteiger partial charge in [0, 0.05) is 37.9 Å². The van der Waals surface area contributed by atoms with E-state index in [1.165, 1.54) is 0 Å². The molecular weight excluding hydrogens is 274 g/mol. The summed E-state index contributed by atoms with van der Waals surface area (Å²) in [5.74, 6) is -0.919. The highest BCUT2D eigenvalue weighted by molar-refractivity contribution is 5.74. The standard InChI is InChI=1S/C14H19N3O4/c18-13(19)9-12-10-17(7-8-21-12)14(20)16-6-4-11-3-1-2-5-15-11/h1-3,5,12H,4,6-10H2,(H,16,20)(H,18,19). The lowest BCUT2D eigenvalue weighted by Gasteiger charge is -2.32. The molecule has 0 spiro atoms. The number of ether oxygens (including phenoxy) is 1. The van der Waals surface area contributed by atoms with Crippen LogP contribution >= 0.6 is 0 Å². The van der Waals surface area contributed by atoms with Gasteiger partial charge in [0.05, 0.1) is 19.1 Å². The van der Waals surface area contributed by atoms with Crippen LogP contribution < -0.4 is 5.32 Å². The lowest BCUT2D eigenvalue weighted by Crippen LogP contribution is -2.50. The minimum Gasteiger partial charge on any atom is -0.481 e. The van der Waals surface area contributed by atoms with E-state index in [2.05, 4.69) is 10.3 Å². The van der Waals surface area contributed by atoms with Crippen LogP contribution in [0.4, 0.5) is 4.79 Å². The molecule has 2 heterocycles. The van der Waals surface area contributed by atoms with Crippen molar-refractivity contribution in [2.75, 3.05) is 26.2 Å². The van der Waals surface area contributed by atoms with Crippen molar-refractivity contribution in [1.29, 1.82) is 0 Å². The van der Waals surface area contributed by atoms with Gasteiger partial charge < -0.3 is 20.1 Å². The minimum atomic E-state index is -0.919. The molecule has 21 heavy (non-hydrogen) atoms. The molecule has 1 aromatic heterocycles. The summed E-state index contributed by atoms with van der Waals surface area (Å²) in [6, 6.07) is 5.47. The van der Waals surface area contributed by atoms with E-state index in [-0.39, 0.29) is 12.5 Å². The molecule has 1 unspecified atom stereocenters. The third-order valence-corrected chi connectivity index (χ3v) is 3.21. The zero-order chi connectivity index (χ0) is 15.1. The number of carboxylic acids is 1. The number of morpholine rings is 1. The van der Waals surface area contributed by atoms with Crippen LogP contribution in [0.2, 0.25) is 0 Å². The van der Waals surface area contributed by atoms with Crippen LogP contribution in [0, 0.1) is 0 Å². The molecule has 2 amide bonds. The molecule has 7 heteroatoms. The lowest BCUT2D eigenvalue weighted by molar-refractivity contribution is -0.141. The largest absolute Gasteiger partial charge is 0.481 e. The van der Waals surface area contributed by atoms with E-state index in [0.29, 0.717) is 32.7 Å². The van der Waals surface area contributed by atoms with Gasteiger partial charge in [-0.3, -0.25) is 9.78 Å². The van der Waals surface area contributed by atoms with Gasteiger partial charge in [-0.25, -0.2) is 4.79 Å². The SMILES string of the molecule is O=C(O)CC1CN(C(=O)NCCc2ccccn2)CCO1. The van der Waals surface area contributed by atoms with E-state index < -0.39 is 12.1 Å². The fourth-order valence-electron chi connectivity index (χ4n) is 2.18. The Hall–Kier alpha value is -2.15. The van der Waals surface area contributed by atoms with Gasteiger partial charge in [0.15, 0.2) is 0 Å². The van der Waals surface area contributed by atoms with E-state index in [9.17, 15) is 9.59 Å². The van der Waals surface area contributed by atoms with Crippen molar-refractivity contribution in [1.82, 2.24) is 15.2 Å². The predicted molar refractivity (Wildman–Crippen MR) is 74.9 cm³/mol. The number of amides is 2. The molecule has 114 valence electrons. The highest BCUT2D eigenvalue weighted by Crippen LogP contribution is 2.08. The smallest absolute Gasteiger partial charge is 0.317 e. The van der Waals surface area contributed by atoms with Crippen LogP contribution in [-0.2, 0) is 16.0 Å². The summed E-state index contributed by atoms with van der Waals surface area (Å²) in [5, 5.41) is 11.6. The van der Waals surface area contributed by atoms with Crippen LogP contribution in [-0.4, -0.2) is 59.3 Å². The number of carbonyl (C=O) groups is 2. The number of nitrogens with zero attached hydrogens (tertiary/aromatic N) is 2. The Bertz CT molecular complexity index is 480. The first-order chi connectivity index (χ1) is 10.1. The average Bonchev–Trinajstić information content (AvgIpc) is 2.48. The lowest BCUT2D eigenvalue weighted by atomic mass is 10.2. The summed E-state index contributed by atoms with van der Waals surface area (Å²) in [6.45, 7) is 1.65. The molecule has 1 aromatic rings. The molecule has 2 N–H and O–H groups in total. The summed E-state index contributed by atoms with van der Waals surface area (Å²) >= 11 is 0. The van der Waals surface area contributed by atoms with Gasteiger partial charge in [0.25, 0.3) is 0 Å². The number of aliphatic carboxylic acids is 1. The van der Waals surface area contributed by atoms with Crippen molar-refractivity contribution >= 4 is 12.0 Å². The van der Waals surface area contributed by atoms with Gasteiger partial charge >= 0.3 is 12.0 Å². The predicted octanol–water partition coefficient (Wildman–Crippen LogP) is 0.509. The Labute approximate surface area is 122 Å². The Morgan fingerprint density at radius 2 is 2.33 bits per heavy atom. The van der Waals surface area contributed by atoms with E-state index in [0.717, 1.165) is 5.69 Å². The third-order valence-electron chi connectivity index (χ3n) is 3.21. The number of urea groups is 1. The number of hydrogen-bond acceptors (Lipinski definition) is 4. The van der Waals surface area contributed by atoms with Gasteiger partial charge in [0.2, 0.25) is 0 Å². The summed E-state index contributed by atoms with van der Waals surface area (Å²) < 4.78 is 5.33. The topological polar surface area (TPSA) is 91.8 Å². The van der Waals surface area contributed by atoms with Crippen molar-refractivity contribution in [3.05, 3.63) is 30.1 Å². The van der Waals surface area contributed by atoms with Crippen LogP contribution in [0.5, 0.6) is 0 Å². The van der Waals surface area contributed by atoms with Gasteiger partial charge in [-0.15, -0.1) is 0 Å². The van der Waals surface area contributed by atoms with E-state index in [1.54, 1.807) is 11.1 Å². The minimum absolute atomic E-state index is 0.0856. The monoisotopic (exact) mass is 293 g/mol. The molecule has 1 saturated heterocycles. The maximum absolute atomic E-state index is 12.0. The van der Waals surface area contributed by atoms with Gasteiger partial charge in [-0.2, -0.15) is 0 Å². The second-order valence-corrected chi connectivity index (χ2v) is 4.84. The molecule has 0 radical (unpaired) electrons. The zero-order valence-electron chi connectivity index (χ0n) is 11.7. The summed E-state index contributed by atoms with van der Waals surface area (Å²) in [4.78, 5) is 28.5. The van der Waals surface area contributed by atoms with E-state index in [1.807, 2.05) is 18.2 Å². The van der Waals surface area contributed by atoms with E-state index >= 15 is 0 Å². The van der Waals surface area contributed by atoms with Gasteiger partial charge in [-0.1, -0.05) is 6.07 Å². The third kappa shape index (κ3) is 5.03. The number of pyridine rings is 1. The first-order valence-electron chi connectivity index (χ1n) is 6.91. The maximum Gasteiger partial charge on any atom is 0.317 e. The molecule has 1 fully saturated rings. The fourth-order valence-corrected chi connectivity index (χ4v) is 2.18. The molecule has 0 bridgehead atoms. The molecule has 1 aliphatic heterocycles. The van der Waals surface area contributed by atoms with Crippen LogP contribution in [0.15, 0.2) is 24.4 Å². The van der Waals surface area contributed by atoms with Crippen LogP contribution in [0.1, 0.15) is 12.1 Å². The Morgan fingerprint density at radius 3 is 3.05 bits per heavy atom. The molecule has 7 nitrogen and oxygen atoms in total. The van der Waals surface area contributed by atoms with Crippen LogP contribution in [0.3, 0.4) is 0 Å². The Kier molecular flexibility index (Phi) is 5.51. The highest BCUT2D eigenvalue weighted by Gasteiger charge is 2.25. The van der Waals surface area contributed by atoms with Crippen LogP contribution in [0.25, 0.3) is 0 Å². The number of aromatic nitrogens is 1. The Balaban J connectivity index is 1.73. The molecule has 0 saturated carbocycles. The summed E-state index contributed by atoms with van der Waals surface area (Å²) in [7, 11) is 0. The van der Waals surface area contributed by atoms with E-state index in [4.69, 9.17) is 9.84 Å². The zero-order valence-corrected chi connectivity index (χ0v) is 11.7. The number of rotatable bonds is 5. The summed E-state index contributed by atoms with van der Waals surface area (Å²) in [5.41, 5.74) is 0.920. The number of hydrogen-bond donors (Lipinski definition) is 2. The fraction of sp³-hybridized carbons (Fsp3) is 0.500. The van der Waals surface area contributed by atoms with Gasteiger partial charge in [-0.05, 0) is 12.1 Å². The number of carboxylic acid groups (broad SMARTS) is 1. The first-order valence-corrected chi connectivity index (χ1v) is 6.91. The molecule has 0 aromatic carbocycles. The molecule has 1 atom stereocenters.